The maximum Gasteiger partial charge on any atom is 0.258 e. The van der Waals surface area contributed by atoms with Gasteiger partial charge in [0.25, 0.3) is 11.7 Å². The van der Waals surface area contributed by atoms with E-state index in [1.165, 1.54) is 29.2 Å². The predicted octanol–water partition coefficient (Wildman–Crippen LogP) is 4.38. The maximum atomic E-state index is 13.3. The van der Waals surface area contributed by atoms with E-state index in [2.05, 4.69) is 15.1 Å². The van der Waals surface area contributed by atoms with Crippen molar-refractivity contribution < 1.29 is 9.18 Å². The molecule has 6 nitrogen and oxygen atoms in total. The van der Waals surface area contributed by atoms with E-state index in [-0.39, 0.29) is 12.5 Å². The lowest BCUT2D eigenvalue weighted by molar-refractivity contribution is 0.0984. The number of aryl methyl sites for hydroxylation is 2. The monoisotopic (exact) mass is 409 g/mol. The van der Waals surface area contributed by atoms with Gasteiger partial charge < -0.3 is 0 Å². The number of aromatic nitrogens is 4. The molecule has 0 N–H and O–H groups in total. The fourth-order valence-corrected chi connectivity index (χ4v) is 3.34. The van der Waals surface area contributed by atoms with Crippen molar-refractivity contribution in [3.63, 3.8) is 0 Å². The third-order valence-electron chi connectivity index (χ3n) is 4.44. The van der Waals surface area contributed by atoms with Gasteiger partial charge in [0.1, 0.15) is 5.82 Å². The minimum atomic E-state index is -0.412. The lowest BCUT2D eigenvalue weighted by atomic mass is 10.1. The highest BCUT2D eigenvalue weighted by molar-refractivity contribution is 6.34. The highest BCUT2D eigenvalue weighted by Crippen LogP contribution is 2.28. The van der Waals surface area contributed by atoms with Gasteiger partial charge in [0, 0.05) is 17.0 Å². The van der Waals surface area contributed by atoms with Gasteiger partial charge in [-0.1, -0.05) is 23.7 Å². The van der Waals surface area contributed by atoms with Crippen molar-refractivity contribution in [2.24, 2.45) is 0 Å². The van der Waals surface area contributed by atoms with E-state index < -0.39 is 5.82 Å². The van der Waals surface area contributed by atoms with Crippen LogP contribution in [0, 0.1) is 19.7 Å². The summed E-state index contributed by atoms with van der Waals surface area (Å²) in [6, 6.07) is 14.3. The van der Waals surface area contributed by atoms with Gasteiger partial charge in [-0.3, -0.25) is 9.69 Å². The molecule has 0 aliphatic carbocycles. The summed E-state index contributed by atoms with van der Waals surface area (Å²) in [4.78, 5) is 23.5. The third kappa shape index (κ3) is 3.82. The van der Waals surface area contributed by atoms with Gasteiger partial charge in [0.15, 0.2) is 5.82 Å². The molecular formula is C21H17ClFN5O. The molecule has 2 aromatic carbocycles. The Kier molecular flexibility index (Phi) is 4.98. The highest BCUT2D eigenvalue weighted by Gasteiger charge is 2.22. The van der Waals surface area contributed by atoms with Crippen molar-refractivity contribution in [1.29, 1.82) is 0 Å². The number of halogens is 2. The van der Waals surface area contributed by atoms with Crippen LogP contribution in [0.4, 0.5) is 10.1 Å². The van der Waals surface area contributed by atoms with Gasteiger partial charge in [-0.2, -0.15) is 4.98 Å². The van der Waals surface area contributed by atoms with E-state index in [0.29, 0.717) is 27.9 Å². The van der Waals surface area contributed by atoms with Crippen LogP contribution in [0.1, 0.15) is 27.6 Å². The van der Waals surface area contributed by atoms with Crippen LogP contribution in [0.2, 0.25) is 5.02 Å². The van der Waals surface area contributed by atoms with Crippen LogP contribution in [0.25, 0.3) is 5.78 Å². The number of carbonyl (C=O) groups excluding carboxylic acids is 1. The van der Waals surface area contributed by atoms with Crippen LogP contribution >= 0.6 is 11.6 Å². The van der Waals surface area contributed by atoms with Gasteiger partial charge in [-0.25, -0.2) is 13.9 Å². The SMILES string of the molecule is Cc1cc(C)n2nc(CN(C(=O)c3ccc(F)cc3)c3ccccc3Cl)nc2n1. The Labute approximate surface area is 171 Å². The first-order valence-corrected chi connectivity index (χ1v) is 9.32. The topological polar surface area (TPSA) is 63.4 Å². The zero-order chi connectivity index (χ0) is 20.5. The number of para-hydroxylation sites is 1. The van der Waals surface area contributed by atoms with E-state index in [4.69, 9.17) is 11.6 Å². The fraction of sp³-hybridized carbons (Fsp3) is 0.143. The molecule has 0 fully saturated rings. The summed E-state index contributed by atoms with van der Waals surface area (Å²) in [5.74, 6) is 0.134. The molecule has 29 heavy (non-hydrogen) atoms. The average molecular weight is 410 g/mol. The largest absolute Gasteiger partial charge is 0.299 e. The number of carbonyl (C=O) groups is 1. The zero-order valence-corrected chi connectivity index (χ0v) is 16.6. The van der Waals surface area contributed by atoms with Gasteiger partial charge in [-0.15, -0.1) is 5.10 Å². The predicted molar refractivity (Wildman–Crippen MR) is 109 cm³/mol. The minimum absolute atomic E-state index is 0.0851. The third-order valence-corrected chi connectivity index (χ3v) is 4.76. The number of hydrogen-bond donors (Lipinski definition) is 0. The van der Waals surface area contributed by atoms with Crippen molar-refractivity contribution in [3.05, 3.63) is 88.2 Å². The molecule has 0 bridgehead atoms. The van der Waals surface area contributed by atoms with Crippen LogP contribution < -0.4 is 4.90 Å². The number of benzene rings is 2. The molecule has 146 valence electrons. The highest BCUT2D eigenvalue weighted by atomic mass is 35.5. The van der Waals surface area contributed by atoms with Crippen molar-refractivity contribution in [1.82, 2.24) is 19.6 Å². The molecule has 0 atom stereocenters. The summed E-state index contributed by atoms with van der Waals surface area (Å²) in [5.41, 5.74) is 2.57. The second-order valence-electron chi connectivity index (χ2n) is 6.63. The van der Waals surface area contributed by atoms with Crippen molar-refractivity contribution in [3.8, 4) is 0 Å². The first-order chi connectivity index (χ1) is 13.9. The lowest BCUT2D eigenvalue weighted by Crippen LogP contribution is -2.31. The maximum absolute atomic E-state index is 13.3. The Morgan fingerprint density at radius 2 is 1.83 bits per heavy atom. The van der Waals surface area contributed by atoms with E-state index in [1.807, 2.05) is 19.9 Å². The molecule has 0 aliphatic heterocycles. The number of amides is 1. The van der Waals surface area contributed by atoms with Crippen LogP contribution in [-0.2, 0) is 6.54 Å². The Hall–Kier alpha value is -3.32. The van der Waals surface area contributed by atoms with Gasteiger partial charge >= 0.3 is 0 Å². The van der Waals surface area contributed by atoms with Gasteiger partial charge in [-0.05, 0) is 56.3 Å². The first-order valence-electron chi connectivity index (χ1n) is 8.94. The molecule has 0 radical (unpaired) electrons. The molecule has 0 saturated heterocycles. The number of hydrogen-bond acceptors (Lipinski definition) is 4. The molecular weight excluding hydrogens is 393 g/mol. The number of fused-ring (bicyclic) bond motifs is 1. The molecule has 2 heterocycles. The lowest BCUT2D eigenvalue weighted by Gasteiger charge is -2.22. The van der Waals surface area contributed by atoms with Crippen LogP contribution in [0.15, 0.2) is 54.6 Å². The first kappa shape index (κ1) is 19.0. The number of anilines is 1. The Balaban J connectivity index is 1.76. The zero-order valence-electron chi connectivity index (χ0n) is 15.8. The van der Waals surface area contributed by atoms with E-state index >= 15 is 0 Å². The van der Waals surface area contributed by atoms with E-state index in [1.54, 1.807) is 28.8 Å². The molecule has 0 spiro atoms. The second kappa shape index (κ2) is 7.60. The summed E-state index contributed by atoms with van der Waals surface area (Å²) < 4.78 is 14.9. The Bertz CT molecular complexity index is 1210. The van der Waals surface area contributed by atoms with Crippen LogP contribution in [0.3, 0.4) is 0 Å². The molecule has 0 unspecified atom stereocenters. The van der Waals surface area contributed by atoms with Crippen molar-refractivity contribution in [2.45, 2.75) is 20.4 Å². The number of nitrogens with zero attached hydrogens (tertiary/aromatic N) is 5. The molecule has 0 saturated carbocycles. The van der Waals surface area contributed by atoms with Crippen molar-refractivity contribution in [2.75, 3.05) is 4.90 Å². The molecule has 2 aromatic heterocycles. The summed E-state index contributed by atoms with van der Waals surface area (Å²) in [7, 11) is 0. The van der Waals surface area contributed by atoms with Crippen LogP contribution in [-0.4, -0.2) is 25.5 Å². The Morgan fingerprint density at radius 3 is 2.55 bits per heavy atom. The normalized spacial score (nSPS) is 11.0. The second-order valence-corrected chi connectivity index (χ2v) is 7.04. The number of rotatable bonds is 4. The van der Waals surface area contributed by atoms with E-state index in [0.717, 1.165) is 11.4 Å². The standard InChI is InChI=1S/C21H17ClFN5O/c1-13-11-14(2)28-21(24-13)25-19(26-28)12-27(18-6-4-3-5-17(18)22)20(29)15-7-9-16(23)10-8-15/h3-11H,12H2,1-2H3. The molecule has 1 amide bonds. The summed E-state index contributed by atoms with van der Waals surface area (Å²) in [6.07, 6.45) is 0. The van der Waals surface area contributed by atoms with Crippen LogP contribution in [0.5, 0.6) is 0 Å². The van der Waals surface area contributed by atoms with E-state index in [9.17, 15) is 9.18 Å². The summed E-state index contributed by atoms with van der Waals surface area (Å²) >= 11 is 6.35. The van der Waals surface area contributed by atoms with Gasteiger partial charge in [0.2, 0.25) is 0 Å². The van der Waals surface area contributed by atoms with Gasteiger partial charge in [0.05, 0.1) is 17.3 Å². The molecule has 4 rings (SSSR count). The summed E-state index contributed by atoms with van der Waals surface area (Å²) in [5, 5.41) is 4.90. The smallest absolute Gasteiger partial charge is 0.258 e. The molecule has 0 aliphatic rings. The quantitative estimate of drug-likeness (QED) is 0.501. The summed E-state index contributed by atoms with van der Waals surface area (Å²) in [6.45, 7) is 3.88. The fourth-order valence-electron chi connectivity index (χ4n) is 3.10. The molecule has 8 heteroatoms. The Morgan fingerprint density at radius 1 is 1.10 bits per heavy atom. The minimum Gasteiger partial charge on any atom is -0.299 e. The molecule has 4 aromatic rings. The average Bonchev–Trinajstić information content (AvgIpc) is 3.10. The van der Waals surface area contributed by atoms with Crippen molar-refractivity contribution >= 4 is 29.0 Å².